The summed E-state index contributed by atoms with van der Waals surface area (Å²) in [6, 6.07) is 8.01. The molecular weight excluding hydrogens is 222 g/mol. The van der Waals surface area contributed by atoms with Crippen molar-refractivity contribution in [1.29, 1.82) is 0 Å². The number of para-hydroxylation sites is 1. The molecule has 2 heteroatoms. The SMILES string of the molecule is CCC1CCCN(c2ccccc2C(C)=O)CC1. The lowest BCUT2D eigenvalue weighted by atomic mass is 9.98. The molecule has 1 heterocycles. The second-order valence-electron chi connectivity index (χ2n) is 5.27. The second kappa shape index (κ2) is 6.03. The summed E-state index contributed by atoms with van der Waals surface area (Å²) >= 11 is 0. The maximum absolute atomic E-state index is 11.7. The Balaban J connectivity index is 2.18. The fourth-order valence-electron chi connectivity index (χ4n) is 2.86. The van der Waals surface area contributed by atoms with Gasteiger partial charge in [0.2, 0.25) is 0 Å². The number of anilines is 1. The molecule has 0 saturated carbocycles. The van der Waals surface area contributed by atoms with Gasteiger partial charge in [0.05, 0.1) is 0 Å². The molecule has 0 radical (unpaired) electrons. The summed E-state index contributed by atoms with van der Waals surface area (Å²) in [6.45, 7) is 6.11. The third-order valence-corrected chi connectivity index (χ3v) is 4.05. The molecule has 1 aromatic carbocycles. The number of hydrogen-bond acceptors (Lipinski definition) is 2. The van der Waals surface area contributed by atoms with Crippen molar-refractivity contribution in [3.8, 4) is 0 Å². The maximum atomic E-state index is 11.7. The molecule has 1 aromatic rings. The lowest BCUT2D eigenvalue weighted by molar-refractivity contribution is 0.101. The van der Waals surface area contributed by atoms with Gasteiger partial charge in [-0.3, -0.25) is 4.79 Å². The Morgan fingerprint density at radius 2 is 2.06 bits per heavy atom. The van der Waals surface area contributed by atoms with Crippen LogP contribution in [0.5, 0.6) is 0 Å². The van der Waals surface area contributed by atoms with Gasteiger partial charge in [-0.15, -0.1) is 0 Å². The summed E-state index contributed by atoms with van der Waals surface area (Å²) in [6.07, 6.45) is 5.10. The molecule has 0 aromatic heterocycles. The molecule has 1 fully saturated rings. The Bertz CT molecular complexity index is 413. The van der Waals surface area contributed by atoms with E-state index in [2.05, 4.69) is 17.9 Å². The van der Waals surface area contributed by atoms with Gasteiger partial charge in [-0.1, -0.05) is 25.5 Å². The van der Waals surface area contributed by atoms with Crippen molar-refractivity contribution in [2.24, 2.45) is 5.92 Å². The van der Waals surface area contributed by atoms with E-state index in [4.69, 9.17) is 0 Å². The van der Waals surface area contributed by atoms with Crippen molar-refractivity contribution < 1.29 is 4.79 Å². The Labute approximate surface area is 110 Å². The largest absolute Gasteiger partial charge is 0.371 e. The van der Waals surface area contributed by atoms with Gasteiger partial charge in [0.15, 0.2) is 5.78 Å². The van der Waals surface area contributed by atoms with Crippen LogP contribution in [0.2, 0.25) is 0 Å². The Kier molecular flexibility index (Phi) is 4.40. The molecule has 98 valence electrons. The molecule has 0 aliphatic carbocycles. The van der Waals surface area contributed by atoms with Crippen LogP contribution in [-0.4, -0.2) is 18.9 Å². The zero-order valence-electron chi connectivity index (χ0n) is 11.5. The minimum Gasteiger partial charge on any atom is -0.371 e. The zero-order valence-corrected chi connectivity index (χ0v) is 11.5. The molecule has 2 nitrogen and oxygen atoms in total. The highest BCUT2D eigenvalue weighted by molar-refractivity contribution is 5.99. The van der Waals surface area contributed by atoms with Gasteiger partial charge in [-0.05, 0) is 44.2 Å². The zero-order chi connectivity index (χ0) is 13.0. The van der Waals surface area contributed by atoms with Crippen molar-refractivity contribution in [3.05, 3.63) is 29.8 Å². The first-order valence-electron chi connectivity index (χ1n) is 7.07. The van der Waals surface area contributed by atoms with E-state index in [-0.39, 0.29) is 5.78 Å². The number of nitrogens with zero attached hydrogens (tertiary/aromatic N) is 1. The first-order valence-corrected chi connectivity index (χ1v) is 7.07. The average molecular weight is 245 g/mol. The van der Waals surface area contributed by atoms with Crippen molar-refractivity contribution in [2.45, 2.75) is 39.5 Å². The Hall–Kier alpha value is -1.31. The Morgan fingerprint density at radius 3 is 2.78 bits per heavy atom. The number of Topliss-reactive ketones (excluding diaryl/α,β-unsaturated/α-hetero) is 1. The van der Waals surface area contributed by atoms with Crippen LogP contribution in [0.4, 0.5) is 5.69 Å². The smallest absolute Gasteiger partial charge is 0.161 e. The van der Waals surface area contributed by atoms with E-state index in [0.29, 0.717) is 0 Å². The lowest BCUT2D eigenvalue weighted by Crippen LogP contribution is -2.25. The normalized spacial score (nSPS) is 20.6. The molecule has 0 N–H and O–H groups in total. The van der Waals surface area contributed by atoms with Crippen LogP contribution < -0.4 is 4.90 Å². The van der Waals surface area contributed by atoms with E-state index < -0.39 is 0 Å². The topological polar surface area (TPSA) is 20.3 Å². The standard InChI is InChI=1S/C16H23NO/c1-3-14-7-6-11-17(12-10-14)16-9-5-4-8-15(16)13(2)18/h4-5,8-9,14H,3,6-7,10-12H2,1-2H3. The predicted octanol–water partition coefficient (Wildman–Crippen LogP) is 3.91. The summed E-state index contributed by atoms with van der Waals surface area (Å²) in [4.78, 5) is 14.1. The molecule has 1 aliphatic rings. The molecule has 0 spiro atoms. The van der Waals surface area contributed by atoms with Gasteiger partial charge in [0, 0.05) is 24.3 Å². The number of carbonyl (C=O) groups excluding carboxylic acids is 1. The van der Waals surface area contributed by atoms with E-state index in [0.717, 1.165) is 30.3 Å². The average Bonchev–Trinajstić information content (AvgIpc) is 2.63. The lowest BCUT2D eigenvalue weighted by Gasteiger charge is -2.25. The van der Waals surface area contributed by atoms with Gasteiger partial charge in [0.1, 0.15) is 0 Å². The highest BCUT2D eigenvalue weighted by Gasteiger charge is 2.18. The van der Waals surface area contributed by atoms with Gasteiger partial charge in [0.25, 0.3) is 0 Å². The third kappa shape index (κ3) is 2.92. The molecule has 1 aliphatic heterocycles. The van der Waals surface area contributed by atoms with Crippen molar-refractivity contribution in [3.63, 3.8) is 0 Å². The quantitative estimate of drug-likeness (QED) is 0.753. The Morgan fingerprint density at radius 1 is 1.28 bits per heavy atom. The predicted molar refractivity (Wildman–Crippen MR) is 76.3 cm³/mol. The molecule has 1 atom stereocenters. The second-order valence-corrected chi connectivity index (χ2v) is 5.27. The monoisotopic (exact) mass is 245 g/mol. The minimum atomic E-state index is 0.168. The van der Waals surface area contributed by atoms with Crippen LogP contribution >= 0.6 is 0 Å². The van der Waals surface area contributed by atoms with E-state index in [1.54, 1.807) is 6.92 Å². The van der Waals surface area contributed by atoms with Crippen molar-refractivity contribution in [1.82, 2.24) is 0 Å². The summed E-state index contributed by atoms with van der Waals surface area (Å²) in [7, 11) is 0. The van der Waals surface area contributed by atoms with Crippen LogP contribution in [-0.2, 0) is 0 Å². The van der Waals surface area contributed by atoms with Crippen LogP contribution in [0.25, 0.3) is 0 Å². The molecule has 18 heavy (non-hydrogen) atoms. The first kappa shape index (κ1) is 13.1. The minimum absolute atomic E-state index is 0.168. The number of hydrogen-bond donors (Lipinski definition) is 0. The highest BCUT2D eigenvalue weighted by Crippen LogP contribution is 2.27. The van der Waals surface area contributed by atoms with E-state index in [9.17, 15) is 4.79 Å². The van der Waals surface area contributed by atoms with Crippen LogP contribution in [0.15, 0.2) is 24.3 Å². The fourth-order valence-corrected chi connectivity index (χ4v) is 2.86. The van der Waals surface area contributed by atoms with E-state index in [1.165, 1.54) is 25.7 Å². The molecule has 2 rings (SSSR count). The highest BCUT2D eigenvalue weighted by atomic mass is 16.1. The summed E-state index contributed by atoms with van der Waals surface area (Å²) in [5.74, 6) is 1.03. The van der Waals surface area contributed by atoms with E-state index in [1.807, 2.05) is 18.2 Å². The van der Waals surface area contributed by atoms with Crippen LogP contribution in [0, 0.1) is 5.92 Å². The number of carbonyl (C=O) groups is 1. The summed E-state index contributed by atoms with van der Waals surface area (Å²) < 4.78 is 0. The van der Waals surface area contributed by atoms with Crippen LogP contribution in [0.1, 0.15) is 49.9 Å². The fraction of sp³-hybridized carbons (Fsp3) is 0.562. The number of ketones is 1. The van der Waals surface area contributed by atoms with Crippen molar-refractivity contribution in [2.75, 3.05) is 18.0 Å². The summed E-state index contributed by atoms with van der Waals surface area (Å²) in [5.41, 5.74) is 1.99. The van der Waals surface area contributed by atoms with Crippen molar-refractivity contribution >= 4 is 11.5 Å². The maximum Gasteiger partial charge on any atom is 0.161 e. The number of rotatable bonds is 3. The van der Waals surface area contributed by atoms with Gasteiger partial charge in [-0.25, -0.2) is 0 Å². The molecule has 1 saturated heterocycles. The molecule has 1 unspecified atom stereocenters. The third-order valence-electron chi connectivity index (χ3n) is 4.05. The molecular formula is C16H23NO. The van der Waals surface area contributed by atoms with Gasteiger partial charge < -0.3 is 4.90 Å². The van der Waals surface area contributed by atoms with E-state index >= 15 is 0 Å². The molecule has 0 amide bonds. The van der Waals surface area contributed by atoms with Gasteiger partial charge in [-0.2, -0.15) is 0 Å². The summed E-state index contributed by atoms with van der Waals surface area (Å²) in [5, 5.41) is 0. The van der Waals surface area contributed by atoms with Crippen LogP contribution in [0.3, 0.4) is 0 Å². The number of benzene rings is 1. The first-order chi connectivity index (χ1) is 8.72. The van der Waals surface area contributed by atoms with Gasteiger partial charge >= 0.3 is 0 Å². The molecule has 0 bridgehead atoms.